The number of H-pyrrole nitrogens is 1. The zero-order valence-electron chi connectivity index (χ0n) is 9.32. The van der Waals surface area contributed by atoms with Crippen LogP contribution < -0.4 is 0 Å². The van der Waals surface area contributed by atoms with Crippen LogP contribution in [0.25, 0.3) is 10.9 Å². The number of nitrogens with one attached hydrogen (secondary N) is 1. The Bertz CT molecular complexity index is 531. The molecule has 0 aliphatic carbocycles. The Hall–Kier alpha value is -1.84. The fourth-order valence-electron chi connectivity index (χ4n) is 1.94. The fraction of sp³-hybridized carbons (Fsp3) is 0.333. The number of carboxylic acids is 1. The molecule has 0 spiro atoms. The molecule has 1 heterocycles. The minimum absolute atomic E-state index is 0.0516. The lowest BCUT2D eigenvalue weighted by Crippen LogP contribution is -2.03. The standard InChI is InChI=1S/C12H14N2O2/c1-7-4-3-5-9-11(7)13-14-12(9)8(2)6-10(15)16/h3-5,8H,6H2,1-2H3,(H,13,14)(H,15,16). The van der Waals surface area contributed by atoms with Crippen molar-refractivity contribution in [2.24, 2.45) is 0 Å². The Kier molecular flexibility index (Phi) is 2.64. The summed E-state index contributed by atoms with van der Waals surface area (Å²) in [5.41, 5.74) is 2.93. The van der Waals surface area contributed by atoms with Crippen molar-refractivity contribution in [2.45, 2.75) is 26.2 Å². The van der Waals surface area contributed by atoms with Crippen LogP contribution in [0.4, 0.5) is 0 Å². The van der Waals surface area contributed by atoms with E-state index in [-0.39, 0.29) is 12.3 Å². The lowest BCUT2D eigenvalue weighted by molar-refractivity contribution is -0.137. The molecular weight excluding hydrogens is 204 g/mol. The Balaban J connectivity index is 2.46. The SMILES string of the molecule is Cc1cccc2c(C(C)CC(=O)O)[nH]nc12. The number of nitrogens with zero attached hydrogens (tertiary/aromatic N) is 1. The normalized spacial score (nSPS) is 12.9. The van der Waals surface area contributed by atoms with Crippen molar-refractivity contribution in [1.82, 2.24) is 10.2 Å². The van der Waals surface area contributed by atoms with Gasteiger partial charge < -0.3 is 5.11 Å². The number of aliphatic carboxylic acids is 1. The second kappa shape index (κ2) is 3.96. The third-order valence-corrected chi connectivity index (χ3v) is 2.79. The van der Waals surface area contributed by atoms with E-state index in [1.54, 1.807) is 0 Å². The largest absolute Gasteiger partial charge is 0.481 e. The predicted octanol–water partition coefficient (Wildman–Crippen LogP) is 2.45. The highest BCUT2D eigenvalue weighted by atomic mass is 16.4. The van der Waals surface area contributed by atoms with Gasteiger partial charge in [0, 0.05) is 17.0 Å². The molecule has 1 aromatic heterocycles. The molecule has 0 radical (unpaired) electrons. The molecule has 0 amide bonds. The maximum absolute atomic E-state index is 10.7. The first-order valence-electron chi connectivity index (χ1n) is 5.25. The highest BCUT2D eigenvalue weighted by Gasteiger charge is 2.15. The summed E-state index contributed by atoms with van der Waals surface area (Å²) < 4.78 is 0. The van der Waals surface area contributed by atoms with Crippen LogP contribution in [-0.4, -0.2) is 21.3 Å². The highest BCUT2D eigenvalue weighted by Crippen LogP contribution is 2.26. The minimum atomic E-state index is -0.789. The van der Waals surface area contributed by atoms with Crippen molar-refractivity contribution < 1.29 is 9.90 Å². The molecular formula is C12H14N2O2. The summed E-state index contributed by atoms with van der Waals surface area (Å²) in [6.45, 7) is 3.89. The van der Waals surface area contributed by atoms with Crippen LogP contribution in [0, 0.1) is 6.92 Å². The van der Waals surface area contributed by atoms with E-state index in [1.165, 1.54) is 0 Å². The number of aryl methyl sites for hydroxylation is 1. The van der Waals surface area contributed by atoms with Crippen LogP contribution >= 0.6 is 0 Å². The van der Waals surface area contributed by atoms with Gasteiger partial charge in [-0.2, -0.15) is 5.10 Å². The lowest BCUT2D eigenvalue weighted by Gasteiger charge is -2.06. The van der Waals surface area contributed by atoms with Gasteiger partial charge in [-0.15, -0.1) is 0 Å². The van der Waals surface area contributed by atoms with E-state index in [2.05, 4.69) is 10.2 Å². The van der Waals surface area contributed by atoms with Crippen molar-refractivity contribution >= 4 is 16.9 Å². The van der Waals surface area contributed by atoms with Gasteiger partial charge in [-0.05, 0) is 12.5 Å². The first-order valence-corrected chi connectivity index (χ1v) is 5.25. The molecule has 1 atom stereocenters. The smallest absolute Gasteiger partial charge is 0.304 e. The summed E-state index contributed by atoms with van der Waals surface area (Å²) in [5, 5.41) is 17.0. The van der Waals surface area contributed by atoms with Crippen LogP contribution in [0.3, 0.4) is 0 Å². The van der Waals surface area contributed by atoms with E-state index >= 15 is 0 Å². The summed E-state index contributed by atoms with van der Waals surface area (Å²) >= 11 is 0. The van der Waals surface area contributed by atoms with Gasteiger partial charge in [-0.1, -0.05) is 25.1 Å². The zero-order valence-corrected chi connectivity index (χ0v) is 9.32. The van der Waals surface area contributed by atoms with Gasteiger partial charge in [-0.3, -0.25) is 9.89 Å². The molecule has 1 aromatic carbocycles. The number of para-hydroxylation sites is 1. The summed E-state index contributed by atoms with van der Waals surface area (Å²) in [6, 6.07) is 5.93. The molecule has 1 unspecified atom stereocenters. The molecule has 2 rings (SSSR count). The maximum Gasteiger partial charge on any atom is 0.304 e. The predicted molar refractivity (Wildman–Crippen MR) is 61.5 cm³/mol. The zero-order chi connectivity index (χ0) is 11.7. The third kappa shape index (κ3) is 1.78. The maximum atomic E-state index is 10.7. The van der Waals surface area contributed by atoms with Gasteiger partial charge in [0.25, 0.3) is 0 Å². The molecule has 0 aliphatic heterocycles. The Morgan fingerprint density at radius 2 is 2.31 bits per heavy atom. The van der Waals surface area contributed by atoms with Crippen LogP contribution in [-0.2, 0) is 4.79 Å². The average molecular weight is 218 g/mol. The Morgan fingerprint density at radius 1 is 1.56 bits per heavy atom. The second-order valence-corrected chi connectivity index (χ2v) is 4.11. The van der Waals surface area contributed by atoms with E-state index in [9.17, 15) is 4.79 Å². The lowest BCUT2D eigenvalue weighted by atomic mass is 10.00. The van der Waals surface area contributed by atoms with Gasteiger partial charge in [-0.25, -0.2) is 0 Å². The van der Waals surface area contributed by atoms with E-state index in [0.717, 1.165) is 22.2 Å². The Labute approximate surface area is 93.3 Å². The molecule has 0 bridgehead atoms. The topological polar surface area (TPSA) is 66.0 Å². The van der Waals surface area contributed by atoms with Gasteiger partial charge in [0.2, 0.25) is 0 Å². The van der Waals surface area contributed by atoms with Crippen molar-refractivity contribution in [3.8, 4) is 0 Å². The molecule has 16 heavy (non-hydrogen) atoms. The third-order valence-electron chi connectivity index (χ3n) is 2.79. The van der Waals surface area contributed by atoms with Crippen LogP contribution in [0.15, 0.2) is 18.2 Å². The molecule has 4 heteroatoms. The minimum Gasteiger partial charge on any atom is -0.481 e. The number of hydrogen-bond donors (Lipinski definition) is 2. The summed E-state index contributed by atoms with van der Waals surface area (Å²) in [6.07, 6.45) is 0.116. The van der Waals surface area contributed by atoms with Gasteiger partial charge in [0.05, 0.1) is 11.9 Å². The molecule has 0 aliphatic rings. The first kappa shape index (κ1) is 10.7. The molecule has 0 fully saturated rings. The van der Waals surface area contributed by atoms with Crippen LogP contribution in [0.2, 0.25) is 0 Å². The van der Waals surface area contributed by atoms with E-state index in [1.807, 2.05) is 32.0 Å². The molecule has 0 saturated heterocycles. The van der Waals surface area contributed by atoms with Crippen LogP contribution in [0.1, 0.15) is 30.5 Å². The highest BCUT2D eigenvalue weighted by molar-refractivity contribution is 5.85. The summed E-state index contributed by atoms with van der Waals surface area (Å²) in [7, 11) is 0. The molecule has 2 aromatic rings. The van der Waals surface area contributed by atoms with E-state index < -0.39 is 5.97 Å². The molecule has 2 N–H and O–H groups in total. The van der Waals surface area contributed by atoms with Gasteiger partial charge in [0.1, 0.15) is 0 Å². The monoisotopic (exact) mass is 218 g/mol. The number of aromatic nitrogens is 2. The van der Waals surface area contributed by atoms with E-state index in [0.29, 0.717) is 0 Å². The number of carboxylic acid groups (broad SMARTS) is 1. The van der Waals surface area contributed by atoms with Crippen LogP contribution in [0.5, 0.6) is 0 Å². The van der Waals surface area contributed by atoms with Gasteiger partial charge >= 0.3 is 5.97 Å². The number of hydrogen-bond acceptors (Lipinski definition) is 2. The molecule has 84 valence electrons. The fourth-order valence-corrected chi connectivity index (χ4v) is 1.94. The first-order chi connectivity index (χ1) is 7.59. The van der Waals surface area contributed by atoms with Gasteiger partial charge in [0.15, 0.2) is 0 Å². The number of fused-ring (bicyclic) bond motifs is 1. The quantitative estimate of drug-likeness (QED) is 0.831. The number of aromatic amines is 1. The van der Waals surface area contributed by atoms with Crippen molar-refractivity contribution in [3.05, 3.63) is 29.5 Å². The average Bonchev–Trinajstić information content (AvgIpc) is 2.61. The Morgan fingerprint density at radius 3 is 3.00 bits per heavy atom. The van der Waals surface area contributed by atoms with E-state index in [4.69, 9.17) is 5.11 Å². The molecule has 4 nitrogen and oxygen atoms in total. The number of carbonyl (C=O) groups is 1. The summed E-state index contributed by atoms with van der Waals surface area (Å²) in [4.78, 5) is 10.7. The summed E-state index contributed by atoms with van der Waals surface area (Å²) in [5.74, 6) is -0.841. The number of benzene rings is 1. The van der Waals surface area contributed by atoms with Crippen molar-refractivity contribution in [2.75, 3.05) is 0 Å². The van der Waals surface area contributed by atoms with Crippen molar-refractivity contribution in [1.29, 1.82) is 0 Å². The molecule has 0 saturated carbocycles. The van der Waals surface area contributed by atoms with Crippen molar-refractivity contribution in [3.63, 3.8) is 0 Å². The second-order valence-electron chi connectivity index (χ2n) is 4.11. The number of rotatable bonds is 3.